The summed E-state index contributed by atoms with van der Waals surface area (Å²) < 4.78 is 60.5. The van der Waals surface area contributed by atoms with Crippen LogP contribution < -0.4 is 0 Å². The Bertz CT molecular complexity index is 560. The quantitative estimate of drug-likeness (QED) is 0.0444. The van der Waals surface area contributed by atoms with Crippen LogP contribution in [0.5, 0.6) is 0 Å². The van der Waals surface area contributed by atoms with Crippen LogP contribution >= 0.6 is 15.9 Å². The van der Waals surface area contributed by atoms with Gasteiger partial charge in [0.1, 0.15) is 0 Å². The van der Waals surface area contributed by atoms with E-state index in [-0.39, 0.29) is 0 Å². The molecule has 12 heteroatoms. The fourth-order valence-electron chi connectivity index (χ4n) is 5.11. The molecule has 0 saturated heterocycles. The fourth-order valence-corrected chi connectivity index (χ4v) is 5.34. The van der Waals surface area contributed by atoms with E-state index in [0.29, 0.717) is 139 Å². The maximum Gasteiger partial charge on any atom is 0.0701 e. The predicted molar refractivity (Wildman–Crippen MR) is 212 cm³/mol. The Hall–Kier alpha value is 0.0400. The van der Waals surface area contributed by atoms with Gasteiger partial charge in [0.15, 0.2) is 0 Å². The highest BCUT2D eigenvalue weighted by Crippen LogP contribution is 2.13. The summed E-state index contributed by atoms with van der Waals surface area (Å²) in [4.78, 5) is 0. The van der Waals surface area contributed by atoms with Gasteiger partial charge in [-0.05, 0) is 6.42 Å². The van der Waals surface area contributed by atoms with Crippen molar-refractivity contribution in [2.24, 2.45) is 0 Å². The lowest BCUT2D eigenvalue weighted by Crippen LogP contribution is -2.15. The fraction of sp³-hybridized carbons (Fsp3) is 1.00. The third-order valence-electron chi connectivity index (χ3n) is 8.08. The van der Waals surface area contributed by atoms with E-state index in [1.807, 2.05) is 0 Å². The Morgan fingerprint density at radius 2 is 0.385 bits per heavy atom. The molecule has 0 N–H and O–H groups in total. The molecule has 11 nitrogen and oxygen atoms in total. The highest BCUT2D eigenvalue weighted by Gasteiger charge is 1.98. The van der Waals surface area contributed by atoms with Gasteiger partial charge in [-0.3, -0.25) is 0 Å². The Labute approximate surface area is 327 Å². The summed E-state index contributed by atoms with van der Waals surface area (Å²) in [5, 5.41) is 0.841. The van der Waals surface area contributed by atoms with Crippen LogP contribution in [-0.4, -0.2) is 151 Å². The maximum atomic E-state index is 5.69. The second-order valence-electron chi connectivity index (χ2n) is 12.7. The zero-order valence-electron chi connectivity index (χ0n) is 33.4. The summed E-state index contributed by atoms with van der Waals surface area (Å²) in [6.07, 6.45) is 22.2. The van der Waals surface area contributed by atoms with Crippen molar-refractivity contribution in [3.05, 3.63) is 0 Å². The van der Waals surface area contributed by atoms with Crippen molar-refractivity contribution < 1.29 is 52.1 Å². The number of alkyl halides is 1. The molecule has 0 aliphatic heterocycles. The van der Waals surface area contributed by atoms with E-state index in [9.17, 15) is 0 Å². The average molecular weight is 818 g/mol. The van der Waals surface area contributed by atoms with Crippen LogP contribution in [0.4, 0.5) is 0 Å². The number of unbranched alkanes of at least 4 members (excludes halogenated alkanes) is 15. The van der Waals surface area contributed by atoms with Gasteiger partial charge in [0.05, 0.1) is 139 Å². The normalized spacial score (nSPS) is 11.7. The van der Waals surface area contributed by atoms with E-state index in [2.05, 4.69) is 22.9 Å². The van der Waals surface area contributed by atoms with Crippen molar-refractivity contribution in [3.8, 4) is 0 Å². The average Bonchev–Trinajstić information content (AvgIpc) is 3.16. The molecule has 0 aliphatic rings. The number of ether oxygens (including phenoxy) is 11. The molecule has 0 unspecified atom stereocenters. The van der Waals surface area contributed by atoms with Gasteiger partial charge in [0.2, 0.25) is 0 Å². The first kappa shape index (κ1) is 52.0. The summed E-state index contributed by atoms with van der Waals surface area (Å²) in [7, 11) is 0. The third kappa shape index (κ3) is 50.0. The Morgan fingerprint density at radius 1 is 0.212 bits per heavy atom. The van der Waals surface area contributed by atoms with E-state index < -0.39 is 0 Å². The van der Waals surface area contributed by atoms with Crippen molar-refractivity contribution >= 4 is 15.9 Å². The van der Waals surface area contributed by atoms with E-state index in [4.69, 9.17) is 52.1 Å². The largest absolute Gasteiger partial charge is 0.379 e. The van der Waals surface area contributed by atoms with Crippen molar-refractivity contribution in [1.29, 1.82) is 0 Å². The second-order valence-corrected chi connectivity index (χ2v) is 13.5. The number of hydrogen-bond acceptors (Lipinski definition) is 11. The van der Waals surface area contributed by atoms with Gasteiger partial charge < -0.3 is 52.1 Å². The lowest BCUT2D eigenvalue weighted by molar-refractivity contribution is -0.0274. The van der Waals surface area contributed by atoms with Gasteiger partial charge in [0, 0.05) is 11.9 Å². The molecule has 0 aromatic rings. The van der Waals surface area contributed by atoms with Crippen LogP contribution in [0.15, 0.2) is 0 Å². The van der Waals surface area contributed by atoms with Crippen LogP contribution in [0.3, 0.4) is 0 Å². The Kier molecular flexibility index (Phi) is 51.1. The molecule has 0 atom stereocenters. The minimum absolute atomic E-state index is 0.526. The SMILES string of the molecule is CCCCCCCCCCCCCCCCCCOCCOCCOCCOCCOCCOCCOCCOCCOCCOCCOCCBr. The van der Waals surface area contributed by atoms with Crippen LogP contribution in [0, 0.1) is 0 Å². The third-order valence-corrected chi connectivity index (χ3v) is 8.41. The summed E-state index contributed by atoms with van der Waals surface area (Å²) in [6.45, 7) is 14.9. The summed E-state index contributed by atoms with van der Waals surface area (Å²) >= 11 is 3.31. The molecule has 0 fully saturated rings. The standard InChI is InChI=1S/C40H81BrO11/c1-2-3-4-5-6-7-8-9-10-11-12-13-14-15-16-17-19-42-21-23-44-25-27-46-29-31-48-33-35-50-37-39-52-40-38-51-36-34-49-32-30-47-28-26-45-24-22-43-20-18-41/h2-40H2,1H3. The lowest BCUT2D eigenvalue weighted by Gasteiger charge is -2.09. The van der Waals surface area contributed by atoms with Gasteiger partial charge >= 0.3 is 0 Å². The first-order chi connectivity index (χ1) is 25.9. The zero-order valence-corrected chi connectivity index (χ0v) is 35.0. The topological polar surface area (TPSA) is 102 Å². The number of rotatable bonds is 49. The van der Waals surface area contributed by atoms with Gasteiger partial charge in [-0.2, -0.15) is 0 Å². The van der Waals surface area contributed by atoms with Crippen LogP contribution in [0.2, 0.25) is 0 Å². The number of halogens is 1. The molecule has 0 spiro atoms. The molecule has 0 aromatic heterocycles. The molecule has 314 valence electrons. The highest BCUT2D eigenvalue weighted by molar-refractivity contribution is 9.09. The van der Waals surface area contributed by atoms with Gasteiger partial charge in [-0.15, -0.1) is 0 Å². The van der Waals surface area contributed by atoms with Crippen molar-refractivity contribution in [2.45, 2.75) is 110 Å². The van der Waals surface area contributed by atoms with Gasteiger partial charge in [0.25, 0.3) is 0 Å². The Balaban J connectivity index is 3.04. The molecule has 0 rings (SSSR count). The first-order valence-corrected chi connectivity index (χ1v) is 21.9. The minimum atomic E-state index is 0.526. The molecule has 0 radical (unpaired) electrons. The highest BCUT2D eigenvalue weighted by atomic mass is 79.9. The van der Waals surface area contributed by atoms with Crippen molar-refractivity contribution in [1.82, 2.24) is 0 Å². The molecule has 0 aliphatic carbocycles. The maximum absolute atomic E-state index is 5.69. The zero-order chi connectivity index (χ0) is 37.4. The Morgan fingerprint density at radius 3 is 0.596 bits per heavy atom. The lowest BCUT2D eigenvalue weighted by atomic mass is 10.0. The van der Waals surface area contributed by atoms with Crippen LogP contribution in [0.25, 0.3) is 0 Å². The summed E-state index contributed by atoms with van der Waals surface area (Å²) in [5.74, 6) is 0. The smallest absolute Gasteiger partial charge is 0.0701 e. The second kappa shape index (κ2) is 51.0. The molecular weight excluding hydrogens is 736 g/mol. The monoisotopic (exact) mass is 816 g/mol. The van der Waals surface area contributed by atoms with E-state index in [1.165, 1.54) is 96.3 Å². The predicted octanol–water partition coefficient (Wildman–Crippen LogP) is 7.83. The van der Waals surface area contributed by atoms with E-state index in [0.717, 1.165) is 18.4 Å². The summed E-state index contributed by atoms with van der Waals surface area (Å²) in [5.41, 5.74) is 0. The number of hydrogen-bond donors (Lipinski definition) is 0. The molecule has 0 aromatic carbocycles. The molecule has 0 amide bonds. The first-order valence-electron chi connectivity index (χ1n) is 20.8. The van der Waals surface area contributed by atoms with Crippen LogP contribution in [-0.2, 0) is 52.1 Å². The van der Waals surface area contributed by atoms with Crippen molar-refractivity contribution in [3.63, 3.8) is 0 Å². The molecule has 0 bridgehead atoms. The van der Waals surface area contributed by atoms with E-state index in [1.54, 1.807) is 0 Å². The van der Waals surface area contributed by atoms with Crippen LogP contribution in [0.1, 0.15) is 110 Å². The molecule has 52 heavy (non-hydrogen) atoms. The molecular formula is C40H81BrO11. The van der Waals surface area contributed by atoms with Gasteiger partial charge in [-0.1, -0.05) is 119 Å². The summed E-state index contributed by atoms with van der Waals surface area (Å²) in [6, 6.07) is 0. The molecule has 0 heterocycles. The minimum Gasteiger partial charge on any atom is -0.379 e. The molecule has 0 saturated carbocycles. The van der Waals surface area contributed by atoms with Crippen molar-refractivity contribution in [2.75, 3.05) is 151 Å². The van der Waals surface area contributed by atoms with Gasteiger partial charge in [-0.25, -0.2) is 0 Å². The van der Waals surface area contributed by atoms with E-state index >= 15 is 0 Å².